The minimum Gasteiger partial charge on any atom is -0.382 e. The Bertz CT molecular complexity index is 504. The molecule has 98 valence electrons. The highest BCUT2D eigenvalue weighted by molar-refractivity contribution is 5.96. The predicted molar refractivity (Wildman–Crippen MR) is 80.2 cm³/mol. The van der Waals surface area contributed by atoms with Crippen molar-refractivity contribution in [1.29, 1.82) is 5.41 Å². The maximum absolute atomic E-state index is 7.27. The van der Waals surface area contributed by atoms with Crippen LogP contribution in [0.4, 0.5) is 0 Å². The number of nitrogens with two attached hydrogens (primary N) is 1. The van der Waals surface area contributed by atoms with Crippen molar-refractivity contribution in [3.05, 3.63) is 41.7 Å². The van der Waals surface area contributed by atoms with E-state index in [-0.39, 0.29) is 5.84 Å². The van der Waals surface area contributed by atoms with Gasteiger partial charge in [0.2, 0.25) is 0 Å². The van der Waals surface area contributed by atoms with Gasteiger partial charge in [0.05, 0.1) is 0 Å². The van der Waals surface area contributed by atoms with E-state index in [1.165, 1.54) is 5.56 Å². The molecule has 0 saturated heterocycles. The highest BCUT2D eigenvalue weighted by Crippen LogP contribution is 2.15. The molecule has 1 aromatic heterocycles. The molecule has 0 aliphatic carbocycles. The third-order valence-corrected chi connectivity index (χ3v) is 2.15. The van der Waals surface area contributed by atoms with E-state index in [4.69, 9.17) is 11.1 Å². The fraction of sp³-hybridized carbons (Fsp3) is 0.333. The Balaban J connectivity index is 0.000000659. The topological polar surface area (TPSA) is 62.8 Å². The lowest BCUT2D eigenvalue weighted by Gasteiger charge is -2.01. The number of benzene rings is 1. The summed E-state index contributed by atoms with van der Waals surface area (Å²) in [5.74, 6) is 0.00692. The molecule has 0 spiro atoms. The quantitative estimate of drug-likeness (QED) is 0.591. The van der Waals surface area contributed by atoms with Crippen molar-refractivity contribution in [2.45, 2.75) is 34.6 Å². The molecule has 0 bridgehead atoms. The van der Waals surface area contributed by atoms with Gasteiger partial charge in [-0.3, -0.25) is 10.4 Å². The first-order valence-electron chi connectivity index (χ1n) is 6.37. The van der Waals surface area contributed by atoms with E-state index in [1.54, 1.807) is 6.20 Å². The Hall–Kier alpha value is -1.90. The number of amidine groups is 1. The average Bonchev–Trinajstić information content (AvgIpc) is 2.42. The molecule has 1 heterocycles. The summed E-state index contributed by atoms with van der Waals surface area (Å²) in [4.78, 5) is 4.10. The second kappa shape index (κ2) is 8.23. The van der Waals surface area contributed by atoms with Gasteiger partial charge in [0.15, 0.2) is 0 Å². The van der Waals surface area contributed by atoms with Crippen LogP contribution in [-0.2, 0) is 0 Å². The molecule has 0 amide bonds. The summed E-state index contributed by atoms with van der Waals surface area (Å²) >= 11 is 0. The SMILES string of the molecule is CC.CC.Cc1ccc2cc(C(=N)N)ncc2c1. The fourth-order valence-corrected chi connectivity index (χ4v) is 1.41. The van der Waals surface area contributed by atoms with Crippen molar-refractivity contribution in [2.24, 2.45) is 5.73 Å². The number of nitrogens with zero attached hydrogens (tertiary/aromatic N) is 1. The molecule has 3 nitrogen and oxygen atoms in total. The average molecular weight is 245 g/mol. The minimum absolute atomic E-state index is 0.00692. The van der Waals surface area contributed by atoms with Gasteiger partial charge in [-0.25, -0.2) is 0 Å². The molecule has 1 aromatic carbocycles. The van der Waals surface area contributed by atoms with Gasteiger partial charge >= 0.3 is 0 Å². The van der Waals surface area contributed by atoms with Gasteiger partial charge < -0.3 is 5.73 Å². The number of aryl methyl sites for hydroxylation is 1. The van der Waals surface area contributed by atoms with Crippen molar-refractivity contribution in [3.63, 3.8) is 0 Å². The molecule has 3 N–H and O–H groups in total. The lowest BCUT2D eigenvalue weighted by molar-refractivity contribution is 1.28. The summed E-state index contributed by atoms with van der Waals surface area (Å²) in [6.07, 6.45) is 1.75. The van der Waals surface area contributed by atoms with E-state index in [0.717, 1.165) is 10.8 Å². The number of hydrogen-bond donors (Lipinski definition) is 2. The van der Waals surface area contributed by atoms with Gasteiger partial charge in [-0.2, -0.15) is 0 Å². The van der Waals surface area contributed by atoms with Crippen molar-refractivity contribution in [2.75, 3.05) is 0 Å². The zero-order valence-electron chi connectivity index (χ0n) is 11.9. The smallest absolute Gasteiger partial charge is 0.141 e. The van der Waals surface area contributed by atoms with E-state index in [0.29, 0.717) is 5.69 Å². The minimum atomic E-state index is 0.00692. The zero-order valence-corrected chi connectivity index (χ0v) is 11.9. The van der Waals surface area contributed by atoms with Gasteiger partial charge in [0, 0.05) is 11.6 Å². The van der Waals surface area contributed by atoms with Crippen LogP contribution < -0.4 is 5.73 Å². The Labute approximate surface area is 110 Å². The zero-order chi connectivity index (χ0) is 14.1. The van der Waals surface area contributed by atoms with E-state index in [9.17, 15) is 0 Å². The maximum Gasteiger partial charge on any atom is 0.141 e. The Morgan fingerprint density at radius 3 is 2.22 bits per heavy atom. The van der Waals surface area contributed by atoms with Gasteiger partial charge in [-0.15, -0.1) is 0 Å². The highest BCUT2D eigenvalue weighted by Gasteiger charge is 2.00. The second-order valence-electron chi connectivity index (χ2n) is 3.33. The van der Waals surface area contributed by atoms with Crippen LogP contribution in [0.2, 0.25) is 0 Å². The molecule has 2 aromatic rings. The van der Waals surface area contributed by atoms with Crippen LogP contribution in [0.5, 0.6) is 0 Å². The van der Waals surface area contributed by atoms with Crippen LogP contribution in [0.25, 0.3) is 10.8 Å². The second-order valence-corrected chi connectivity index (χ2v) is 3.33. The molecule has 0 unspecified atom stereocenters. The Morgan fingerprint density at radius 1 is 1.06 bits per heavy atom. The van der Waals surface area contributed by atoms with Crippen molar-refractivity contribution in [1.82, 2.24) is 4.98 Å². The van der Waals surface area contributed by atoms with Crippen LogP contribution in [0.1, 0.15) is 39.0 Å². The number of pyridine rings is 1. The van der Waals surface area contributed by atoms with Crippen molar-refractivity contribution < 1.29 is 0 Å². The standard InChI is InChI=1S/C11H11N3.2C2H6/c1-7-2-3-8-5-10(11(12)13)14-6-9(8)4-7;2*1-2/h2-6H,1H3,(H3,12,13);2*1-2H3. The van der Waals surface area contributed by atoms with Gasteiger partial charge in [-0.1, -0.05) is 45.4 Å². The predicted octanol–water partition coefficient (Wildman–Crippen LogP) is 3.88. The third kappa shape index (κ3) is 4.17. The monoisotopic (exact) mass is 245 g/mol. The number of hydrogen-bond acceptors (Lipinski definition) is 2. The molecule has 0 aliphatic heterocycles. The number of rotatable bonds is 1. The van der Waals surface area contributed by atoms with Crippen LogP contribution in [-0.4, -0.2) is 10.8 Å². The van der Waals surface area contributed by atoms with Crippen LogP contribution in [0.3, 0.4) is 0 Å². The summed E-state index contributed by atoms with van der Waals surface area (Å²) < 4.78 is 0. The molecule has 0 atom stereocenters. The summed E-state index contributed by atoms with van der Waals surface area (Å²) in [6.45, 7) is 10.0. The van der Waals surface area contributed by atoms with Crippen LogP contribution in [0, 0.1) is 12.3 Å². The number of aromatic nitrogens is 1. The first-order chi connectivity index (χ1) is 8.66. The lowest BCUT2D eigenvalue weighted by Crippen LogP contribution is -2.12. The number of nitrogens with one attached hydrogen (secondary N) is 1. The molecular formula is C15H23N3. The van der Waals surface area contributed by atoms with Gasteiger partial charge in [0.1, 0.15) is 11.5 Å². The summed E-state index contributed by atoms with van der Waals surface area (Å²) in [6, 6.07) is 7.94. The molecule has 0 saturated carbocycles. The third-order valence-electron chi connectivity index (χ3n) is 2.15. The summed E-state index contributed by atoms with van der Waals surface area (Å²) in [7, 11) is 0. The first-order valence-corrected chi connectivity index (χ1v) is 6.37. The number of nitrogen functional groups attached to an aromatic ring is 1. The molecule has 18 heavy (non-hydrogen) atoms. The Morgan fingerprint density at radius 2 is 1.67 bits per heavy atom. The fourth-order valence-electron chi connectivity index (χ4n) is 1.41. The Kier molecular flexibility index (Phi) is 7.36. The van der Waals surface area contributed by atoms with E-state index in [1.807, 2.05) is 52.8 Å². The molecule has 0 radical (unpaired) electrons. The molecule has 0 aliphatic rings. The van der Waals surface area contributed by atoms with E-state index < -0.39 is 0 Å². The van der Waals surface area contributed by atoms with E-state index in [2.05, 4.69) is 11.1 Å². The highest BCUT2D eigenvalue weighted by atomic mass is 14.8. The van der Waals surface area contributed by atoms with Gasteiger partial charge in [0.25, 0.3) is 0 Å². The largest absolute Gasteiger partial charge is 0.382 e. The van der Waals surface area contributed by atoms with E-state index >= 15 is 0 Å². The summed E-state index contributed by atoms with van der Waals surface area (Å²) in [5.41, 5.74) is 7.09. The van der Waals surface area contributed by atoms with Crippen LogP contribution in [0.15, 0.2) is 30.5 Å². The molecule has 0 fully saturated rings. The lowest BCUT2D eigenvalue weighted by atomic mass is 10.1. The summed E-state index contributed by atoms with van der Waals surface area (Å²) in [5, 5.41) is 9.41. The van der Waals surface area contributed by atoms with Crippen molar-refractivity contribution >= 4 is 16.6 Å². The van der Waals surface area contributed by atoms with Crippen LogP contribution >= 0.6 is 0 Å². The van der Waals surface area contributed by atoms with Crippen molar-refractivity contribution in [3.8, 4) is 0 Å². The maximum atomic E-state index is 7.27. The molecule has 3 heteroatoms. The first kappa shape index (κ1) is 16.1. The number of fused-ring (bicyclic) bond motifs is 1. The normalized spacial score (nSPS) is 8.72. The van der Waals surface area contributed by atoms with Gasteiger partial charge in [-0.05, 0) is 24.4 Å². The molecule has 2 rings (SSSR count). The molecular weight excluding hydrogens is 222 g/mol.